The molecule has 2 rings (SSSR count). The van der Waals surface area contributed by atoms with Gasteiger partial charge in [-0.25, -0.2) is 13.1 Å². The molecule has 0 unspecified atom stereocenters. The van der Waals surface area contributed by atoms with E-state index in [1.165, 1.54) is 0 Å². The minimum Gasteiger partial charge on any atom is -0.212 e. The summed E-state index contributed by atoms with van der Waals surface area (Å²) in [6.07, 6.45) is 3.69. The van der Waals surface area contributed by atoms with Crippen LogP contribution in [-0.4, -0.2) is 13.7 Å². The first kappa shape index (κ1) is 12.6. The van der Waals surface area contributed by atoms with E-state index in [-0.39, 0.29) is 5.25 Å². The molecule has 0 atom stereocenters. The van der Waals surface area contributed by atoms with Crippen LogP contribution in [0.4, 0.5) is 0 Å². The molecule has 0 spiro atoms. The Bertz CT molecular complexity index is 476. The van der Waals surface area contributed by atoms with Gasteiger partial charge in [0.05, 0.1) is 5.25 Å². The van der Waals surface area contributed by atoms with Crippen LogP contribution in [0.5, 0.6) is 0 Å². The molecule has 17 heavy (non-hydrogen) atoms. The van der Waals surface area contributed by atoms with Crippen LogP contribution in [-0.2, 0) is 16.6 Å². The number of aryl methyl sites for hydroxylation is 1. The lowest BCUT2D eigenvalue weighted by atomic mass is 10.1. The molecule has 3 nitrogen and oxygen atoms in total. The van der Waals surface area contributed by atoms with Crippen LogP contribution in [0.25, 0.3) is 0 Å². The molecule has 0 aromatic heterocycles. The molecule has 0 aliphatic heterocycles. The van der Waals surface area contributed by atoms with Gasteiger partial charge in [-0.3, -0.25) is 0 Å². The van der Waals surface area contributed by atoms with Gasteiger partial charge in [-0.1, -0.05) is 42.7 Å². The molecule has 94 valence electrons. The number of benzene rings is 1. The van der Waals surface area contributed by atoms with E-state index in [1.54, 1.807) is 0 Å². The largest absolute Gasteiger partial charge is 0.214 e. The third-order valence-electron chi connectivity index (χ3n) is 3.30. The summed E-state index contributed by atoms with van der Waals surface area (Å²) in [7, 11) is -3.12. The highest BCUT2D eigenvalue weighted by Crippen LogP contribution is 2.24. The van der Waals surface area contributed by atoms with Crippen molar-refractivity contribution >= 4 is 10.0 Å². The van der Waals surface area contributed by atoms with Gasteiger partial charge in [0, 0.05) is 6.54 Å². The average Bonchev–Trinajstić information content (AvgIpc) is 2.81. The third-order valence-corrected chi connectivity index (χ3v) is 5.20. The Morgan fingerprint density at radius 3 is 2.65 bits per heavy atom. The molecule has 1 aromatic carbocycles. The Balaban J connectivity index is 1.97. The first-order valence-corrected chi connectivity index (χ1v) is 7.66. The molecule has 1 aliphatic rings. The highest BCUT2D eigenvalue weighted by molar-refractivity contribution is 7.90. The molecule has 1 N–H and O–H groups in total. The SMILES string of the molecule is Cc1cccc(CNS(=O)(=O)C2CCCC2)c1. The van der Waals surface area contributed by atoms with Crippen molar-refractivity contribution < 1.29 is 8.42 Å². The van der Waals surface area contributed by atoms with E-state index in [0.717, 1.165) is 36.8 Å². The molecular formula is C13H19NO2S. The van der Waals surface area contributed by atoms with E-state index in [0.29, 0.717) is 6.54 Å². The number of sulfonamides is 1. The maximum Gasteiger partial charge on any atom is 0.214 e. The van der Waals surface area contributed by atoms with Gasteiger partial charge in [-0.2, -0.15) is 0 Å². The first-order chi connectivity index (χ1) is 8.08. The number of rotatable bonds is 4. The Labute approximate surface area is 103 Å². The maximum atomic E-state index is 12.0. The second-order valence-electron chi connectivity index (χ2n) is 4.76. The fraction of sp³-hybridized carbons (Fsp3) is 0.538. The first-order valence-electron chi connectivity index (χ1n) is 6.12. The summed E-state index contributed by atoms with van der Waals surface area (Å²) < 4.78 is 26.7. The van der Waals surface area contributed by atoms with E-state index < -0.39 is 10.0 Å². The van der Waals surface area contributed by atoms with Gasteiger partial charge in [-0.05, 0) is 25.3 Å². The van der Waals surface area contributed by atoms with Crippen LogP contribution < -0.4 is 4.72 Å². The van der Waals surface area contributed by atoms with Gasteiger partial charge < -0.3 is 0 Å². The van der Waals surface area contributed by atoms with Gasteiger partial charge in [0.25, 0.3) is 0 Å². The van der Waals surface area contributed by atoms with Gasteiger partial charge in [0.2, 0.25) is 10.0 Å². The minimum atomic E-state index is -3.12. The van der Waals surface area contributed by atoms with Crippen LogP contribution in [0.1, 0.15) is 36.8 Å². The zero-order valence-corrected chi connectivity index (χ0v) is 11.0. The van der Waals surface area contributed by atoms with Crippen molar-refractivity contribution in [1.29, 1.82) is 0 Å². The van der Waals surface area contributed by atoms with Gasteiger partial charge >= 0.3 is 0 Å². The quantitative estimate of drug-likeness (QED) is 0.895. The van der Waals surface area contributed by atoms with Crippen molar-refractivity contribution in [2.45, 2.75) is 44.4 Å². The third kappa shape index (κ3) is 3.30. The number of hydrogen-bond donors (Lipinski definition) is 1. The van der Waals surface area contributed by atoms with Crippen molar-refractivity contribution in [3.05, 3.63) is 35.4 Å². The molecular weight excluding hydrogens is 234 g/mol. The minimum absolute atomic E-state index is 0.174. The van der Waals surface area contributed by atoms with Crippen LogP contribution in [0.2, 0.25) is 0 Å². The van der Waals surface area contributed by atoms with Gasteiger partial charge in [0.15, 0.2) is 0 Å². The van der Waals surface area contributed by atoms with Gasteiger partial charge in [-0.15, -0.1) is 0 Å². The van der Waals surface area contributed by atoms with Crippen molar-refractivity contribution in [1.82, 2.24) is 4.72 Å². The molecule has 0 saturated heterocycles. The fourth-order valence-electron chi connectivity index (χ4n) is 2.32. The summed E-state index contributed by atoms with van der Waals surface area (Å²) in [6.45, 7) is 2.41. The summed E-state index contributed by atoms with van der Waals surface area (Å²) in [6, 6.07) is 7.92. The monoisotopic (exact) mass is 253 g/mol. The topological polar surface area (TPSA) is 46.2 Å². The summed E-state index contributed by atoms with van der Waals surface area (Å²) >= 11 is 0. The maximum absolute atomic E-state index is 12.0. The zero-order valence-electron chi connectivity index (χ0n) is 10.1. The predicted molar refractivity (Wildman–Crippen MR) is 69.2 cm³/mol. The highest BCUT2D eigenvalue weighted by atomic mass is 32.2. The summed E-state index contributed by atoms with van der Waals surface area (Å²) in [5.41, 5.74) is 2.18. The van der Waals surface area contributed by atoms with E-state index >= 15 is 0 Å². The van der Waals surface area contributed by atoms with Crippen molar-refractivity contribution in [2.24, 2.45) is 0 Å². The molecule has 1 fully saturated rings. The number of nitrogens with one attached hydrogen (secondary N) is 1. The number of hydrogen-bond acceptors (Lipinski definition) is 2. The standard InChI is InChI=1S/C13H19NO2S/c1-11-5-4-6-12(9-11)10-14-17(15,16)13-7-2-3-8-13/h4-6,9,13-14H,2-3,7-8,10H2,1H3. The summed E-state index contributed by atoms with van der Waals surface area (Å²) in [4.78, 5) is 0. The van der Waals surface area contributed by atoms with E-state index in [2.05, 4.69) is 4.72 Å². The van der Waals surface area contributed by atoms with Crippen molar-refractivity contribution in [3.8, 4) is 0 Å². The Kier molecular flexibility index (Phi) is 3.84. The van der Waals surface area contributed by atoms with Crippen LogP contribution in [0, 0.1) is 6.92 Å². The average molecular weight is 253 g/mol. The molecule has 0 bridgehead atoms. The molecule has 1 aliphatic carbocycles. The Hall–Kier alpha value is -0.870. The van der Waals surface area contributed by atoms with Crippen LogP contribution in [0.15, 0.2) is 24.3 Å². The fourth-order valence-corrected chi connectivity index (χ4v) is 3.88. The smallest absolute Gasteiger partial charge is 0.212 e. The van der Waals surface area contributed by atoms with E-state index in [1.807, 2.05) is 31.2 Å². The Morgan fingerprint density at radius 1 is 1.29 bits per heavy atom. The summed E-state index contributed by atoms with van der Waals surface area (Å²) in [5, 5.41) is -0.174. The normalized spacial score (nSPS) is 17.5. The molecule has 1 aromatic rings. The second-order valence-corrected chi connectivity index (χ2v) is 6.81. The van der Waals surface area contributed by atoms with Crippen LogP contribution in [0.3, 0.4) is 0 Å². The highest BCUT2D eigenvalue weighted by Gasteiger charge is 2.27. The molecule has 4 heteroatoms. The van der Waals surface area contributed by atoms with Crippen molar-refractivity contribution in [2.75, 3.05) is 0 Å². The molecule has 0 amide bonds. The van der Waals surface area contributed by atoms with Gasteiger partial charge in [0.1, 0.15) is 0 Å². The summed E-state index contributed by atoms with van der Waals surface area (Å²) in [5.74, 6) is 0. The predicted octanol–water partition coefficient (Wildman–Crippen LogP) is 2.36. The molecule has 0 radical (unpaired) electrons. The zero-order chi connectivity index (χ0) is 12.3. The lowest BCUT2D eigenvalue weighted by molar-refractivity contribution is 0.564. The second kappa shape index (κ2) is 5.19. The lowest BCUT2D eigenvalue weighted by Crippen LogP contribution is -2.32. The van der Waals surface area contributed by atoms with Crippen molar-refractivity contribution in [3.63, 3.8) is 0 Å². The van der Waals surface area contributed by atoms with Crippen LogP contribution >= 0.6 is 0 Å². The Morgan fingerprint density at radius 2 is 2.00 bits per heavy atom. The molecule has 1 saturated carbocycles. The van der Waals surface area contributed by atoms with E-state index in [4.69, 9.17) is 0 Å². The lowest BCUT2D eigenvalue weighted by Gasteiger charge is -2.12. The van der Waals surface area contributed by atoms with E-state index in [9.17, 15) is 8.42 Å². The molecule has 0 heterocycles.